The highest BCUT2D eigenvalue weighted by molar-refractivity contribution is 9.10. The summed E-state index contributed by atoms with van der Waals surface area (Å²) in [6.45, 7) is 0. The van der Waals surface area contributed by atoms with Gasteiger partial charge in [-0.05, 0) is 42.3 Å². The van der Waals surface area contributed by atoms with Gasteiger partial charge in [0.2, 0.25) is 5.90 Å². The smallest absolute Gasteiger partial charge is 0.260 e. The van der Waals surface area contributed by atoms with Crippen LogP contribution < -0.4 is 9.47 Å². The molecule has 2 heterocycles. The lowest BCUT2D eigenvalue weighted by molar-refractivity contribution is -0.120. The average Bonchev–Trinajstić information content (AvgIpc) is 2.60. The number of nitrogens with zero attached hydrogens (tertiary/aromatic N) is 2. The number of hydrogen-bond donors (Lipinski definition) is 0. The summed E-state index contributed by atoms with van der Waals surface area (Å²) in [6, 6.07) is 13.1. The molecular formula is C18H13BrN2O3. The third-order valence-electron chi connectivity index (χ3n) is 4.04. The molecule has 0 radical (unpaired) electrons. The van der Waals surface area contributed by atoms with Gasteiger partial charge in [0.05, 0.1) is 12.7 Å². The number of hydrogen-bond acceptors (Lipinski definition) is 4. The lowest BCUT2D eigenvalue weighted by Gasteiger charge is -2.27. The zero-order valence-electron chi connectivity index (χ0n) is 12.8. The highest BCUT2D eigenvalue weighted by atomic mass is 79.9. The minimum atomic E-state index is -0.467. The second-order valence-electron chi connectivity index (χ2n) is 5.53. The monoisotopic (exact) mass is 384 g/mol. The van der Waals surface area contributed by atoms with E-state index in [9.17, 15) is 4.79 Å². The van der Waals surface area contributed by atoms with Crippen molar-refractivity contribution in [3.8, 4) is 11.5 Å². The number of benzene rings is 2. The zero-order valence-corrected chi connectivity index (χ0v) is 14.4. The fourth-order valence-corrected chi connectivity index (χ4v) is 3.26. The summed E-state index contributed by atoms with van der Waals surface area (Å²) < 4.78 is 12.2. The molecule has 2 aliphatic heterocycles. The molecule has 24 heavy (non-hydrogen) atoms. The van der Waals surface area contributed by atoms with Crippen molar-refractivity contribution in [3.63, 3.8) is 0 Å². The molecule has 1 atom stereocenters. The van der Waals surface area contributed by atoms with Gasteiger partial charge in [-0.2, -0.15) is 9.98 Å². The molecule has 120 valence electrons. The standard InChI is InChI=1S/C18H13BrN2O3/c1-23-15-5-3-2-4-12(15)16-20-17(22)13-9-10-8-11(19)6-7-14(10)24-18(13)21-16/h2-8,13H,9H2,1H3. The Morgan fingerprint density at radius 2 is 2.04 bits per heavy atom. The molecule has 6 heteroatoms. The number of rotatable bonds is 2. The summed E-state index contributed by atoms with van der Waals surface area (Å²) in [5.74, 6) is 1.35. The van der Waals surface area contributed by atoms with E-state index in [0.717, 1.165) is 15.8 Å². The summed E-state index contributed by atoms with van der Waals surface area (Å²) in [5.41, 5.74) is 1.64. The van der Waals surface area contributed by atoms with Gasteiger partial charge in [-0.25, -0.2) is 0 Å². The second kappa shape index (κ2) is 5.87. The number of ether oxygens (including phenoxy) is 2. The summed E-state index contributed by atoms with van der Waals surface area (Å²) in [4.78, 5) is 21.2. The molecule has 0 N–H and O–H groups in total. The highest BCUT2D eigenvalue weighted by Crippen LogP contribution is 2.33. The number of amidine groups is 1. The van der Waals surface area contributed by atoms with Crippen LogP contribution in [-0.2, 0) is 11.2 Å². The summed E-state index contributed by atoms with van der Waals surface area (Å²) >= 11 is 3.44. The largest absolute Gasteiger partial charge is 0.496 e. The SMILES string of the molecule is COc1ccccc1C1=NC(=O)C2Cc3cc(Br)ccc3OC2=N1. The van der Waals surface area contributed by atoms with Gasteiger partial charge in [-0.15, -0.1) is 0 Å². The quantitative estimate of drug-likeness (QED) is 0.796. The molecule has 0 aromatic heterocycles. The Kier molecular flexibility index (Phi) is 3.69. The van der Waals surface area contributed by atoms with Crippen LogP contribution in [0.4, 0.5) is 0 Å². The van der Waals surface area contributed by atoms with Crippen LogP contribution in [0.5, 0.6) is 11.5 Å². The number of amides is 1. The molecule has 0 saturated carbocycles. The molecule has 0 bridgehead atoms. The van der Waals surface area contributed by atoms with E-state index >= 15 is 0 Å². The van der Waals surface area contributed by atoms with Gasteiger partial charge in [-0.3, -0.25) is 4.79 Å². The predicted molar refractivity (Wildman–Crippen MR) is 93.9 cm³/mol. The Hall–Kier alpha value is -2.47. The molecule has 1 amide bonds. The van der Waals surface area contributed by atoms with Crippen molar-refractivity contribution in [2.75, 3.05) is 7.11 Å². The lowest BCUT2D eigenvalue weighted by Crippen LogP contribution is -2.37. The number of fused-ring (bicyclic) bond motifs is 2. The van der Waals surface area contributed by atoms with Gasteiger partial charge in [0.25, 0.3) is 5.91 Å². The van der Waals surface area contributed by atoms with Crippen LogP contribution in [0.2, 0.25) is 0 Å². The van der Waals surface area contributed by atoms with Crippen molar-refractivity contribution in [1.29, 1.82) is 0 Å². The van der Waals surface area contributed by atoms with Crippen molar-refractivity contribution < 1.29 is 14.3 Å². The van der Waals surface area contributed by atoms with Gasteiger partial charge in [0, 0.05) is 4.47 Å². The molecule has 0 fully saturated rings. The summed E-state index contributed by atoms with van der Waals surface area (Å²) in [5, 5.41) is 0. The van der Waals surface area contributed by atoms with E-state index in [0.29, 0.717) is 29.5 Å². The molecule has 5 nitrogen and oxygen atoms in total. The number of aliphatic imine (C=N–C) groups is 2. The van der Waals surface area contributed by atoms with Crippen molar-refractivity contribution in [1.82, 2.24) is 0 Å². The Morgan fingerprint density at radius 3 is 2.88 bits per heavy atom. The Morgan fingerprint density at radius 1 is 1.21 bits per heavy atom. The normalized spacial score (nSPS) is 18.8. The van der Waals surface area contributed by atoms with E-state index in [-0.39, 0.29) is 5.91 Å². The van der Waals surface area contributed by atoms with Crippen LogP contribution in [-0.4, -0.2) is 24.8 Å². The van der Waals surface area contributed by atoms with Gasteiger partial charge >= 0.3 is 0 Å². The summed E-state index contributed by atoms with van der Waals surface area (Å²) in [6.07, 6.45) is 0.537. The Balaban J connectivity index is 1.75. The van der Waals surface area contributed by atoms with E-state index in [1.807, 2.05) is 42.5 Å². The third kappa shape index (κ3) is 2.53. The first-order valence-corrected chi connectivity index (χ1v) is 8.26. The average molecular weight is 385 g/mol. The fraction of sp³-hybridized carbons (Fsp3) is 0.167. The second-order valence-corrected chi connectivity index (χ2v) is 6.45. The van der Waals surface area contributed by atoms with E-state index in [1.165, 1.54) is 0 Å². The van der Waals surface area contributed by atoms with Gasteiger partial charge in [0.15, 0.2) is 5.84 Å². The zero-order chi connectivity index (χ0) is 16.7. The van der Waals surface area contributed by atoms with E-state index in [2.05, 4.69) is 25.9 Å². The Labute approximate surface area is 147 Å². The van der Waals surface area contributed by atoms with Crippen molar-refractivity contribution >= 4 is 33.6 Å². The maximum Gasteiger partial charge on any atom is 0.260 e. The topological polar surface area (TPSA) is 60.2 Å². The van der Waals surface area contributed by atoms with Crippen LogP contribution in [0.25, 0.3) is 0 Å². The third-order valence-corrected chi connectivity index (χ3v) is 4.53. The van der Waals surface area contributed by atoms with Gasteiger partial charge in [0.1, 0.15) is 17.4 Å². The lowest BCUT2D eigenvalue weighted by atomic mass is 9.94. The number of para-hydroxylation sites is 1. The maximum atomic E-state index is 12.5. The van der Waals surface area contributed by atoms with Crippen LogP contribution in [0.1, 0.15) is 11.1 Å². The molecule has 0 saturated heterocycles. The molecule has 1 unspecified atom stereocenters. The van der Waals surface area contributed by atoms with Crippen molar-refractivity contribution in [2.45, 2.75) is 6.42 Å². The minimum absolute atomic E-state index is 0.244. The molecule has 2 aromatic rings. The first kappa shape index (κ1) is 15.1. The first-order valence-electron chi connectivity index (χ1n) is 7.46. The molecule has 2 aliphatic rings. The van der Waals surface area contributed by atoms with Crippen molar-refractivity contribution in [3.05, 3.63) is 58.1 Å². The minimum Gasteiger partial charge on any atom is -0.496 e. The molecule has 0 spiro atoms. The molecule has 4 rings (SSSR count). The van der Waals surface area contributed by atoms with Crippen LogP contribution in [0.3, 0.4) is 0 Å². The number of methoxy groups -OCH3 is 1. The van der Waals surface area contributed by atoms with E-state index in [4.69, 9.17) is 9.47 Å². The highest BCUT2D eigenvalue weighted by Gasteiger charge is 2.36. The fourth-order valence-electron chi connectivity index (χ4n) is 2.85. The van der Waals surface area contributed by atoms with Crippen LogP contribution in [0, 0.1) is 5.92 Å². The van der Waals surface area contributed by atoms with Crippen LogP contribution >= 0.6 is 15.9 Å². The predicted octanol–water partition coefficient (Wildman–Crippen LogP) is 3.39. The molecular weight excluding hydrogens is 372 g/mol. The van der Waals surface area contributed by atoms with Gasteiger partial charge < -0.3 is 9.47 Å². The Bertz CT molecular complexity index is 905. The molecule has 2 aromatic carbocycles. The van der Waals surface area contributed by atoms with Gasteiger partial charge in [-0.1, -0.05) is 28.1 Å². The van der Waals surface area contributed by atoms with E-state index in [1.54, 1.807) is 7.11 Å². The van der Waals surface area contributed by atoms with E-state index < -0.39 is 5.92 Å². The number of carbonyl (C=O) groups is 1. The van der Waals surface area contributed by atoms with Crippen molar-refractivity contribution in [2.24, 2.45) is 15.9 Å². The maximum absolute atomic E-state index is 12.5. The first-order chi connectivity index (χ1) is 11.7. The summed E-state index contributed by atoms with van der Waals surface area (Å²) in [7, 11) is 1.57. The number of carbonyl (C=O) groups excluding carboxylic acids is 1. The number of halogens is 1. The molecule has 0 aliphatic carbocycles. The van der Waals surface area contributed by atoms with Crippen LogP contribution in [0.15, 0.2) is 56.9 Å².